The molecule has 1 N–H and O–H groups in total. The van der Waals surface area contributed by atoms with Crippen molar-refractivity contribution >= 4 is 34.7 Å². The van der Waals surface area contributed by atoms with Crippen LogP contribution in [0.2, 0.25) is 0 Å². The van der Waals surface area contributed by atoms with E-state index in [1.807, 2.05) is 28.8 Å². The highest BCUT2D eigenvalue weighted by Gasteiger charge is 2.18. The van der Waals surface area contributed by atoms with E-state index in [0.29, 0.717) is 35.9 Å². The monoisotopic (exact) mass is 454 g/mol. The lowest BCUT2D eigenvalue weighted by Gasteiger charge is -2.11. The van der Waals surface area contributed by atoms with Crippen LogP contribution in [0.25, 0.3) is 11.0 Å². The number of aromatic nitrogens is 3. The summed E-state index contributed by atoms with van der Waals surface area (Å²) < 4.78 is 12.7. The Balaban J connectivity index is 1.53. The van der Waals surface area contributed by atoms with Crippen molar-refractivity contribution in [3.05, 3.63) is 53.9 Å². The van der Waals surface area contributed by atoms with Crippen molar-refractivity contribution in [3.63, 3.8) is 0 Å². The number of esters is 1. The molecule has 1 aromatic carbocycles. The van der Waals surface area contributed by atoms with Crippen LogP contribution in [0.15, 0.2) is 47.8 Å². The molecule has 1 aliphatic heterocycles. The molecule has 0 saturated carbocycles. The molecule has 4 rings (SSSR count). The number of nitrogens with zero attached hydrogens (tertiary/aromatic N) is 3. The number of carbonyl (C=O) groups is 2. The Morgan fingerprint density at radius 2 is 2.22 bits per heavy atom. The van der Waals surface area contributed by atoms with Crippen LogP contribution in [0.3, 0.4) is 0 Å². The van der Waals surface area contributed by atoms with Crippen molar-refractivity contribution in [1.29, 1.82) is 0 Å². The molecule has 0 bridgehead atoms. The van der Waals surface area contributed by atoms with Crippen LogP contribution in [0.1, 0.15) is 35.8 Å². The number of rotatable bonds is 9. The number of ether oxygens (including phenoxy) is 2. The maximum absolute atomic E-state index is 12.4. The molecule has 9 heteroatoms. The van der Waals surface area contributed by atoms with Crippen LogP contribution in [-0.2, 0) is 20.8 Å². The van der Waals surface area contributed by atoms with Gasteiger partial charge in [-0.25, -0.2) is 9.78 Å². The van der Waals surface area contributed by atoms with Gasteiger partial charge in [-0.3, -0.25) is 9.78 Å². The Bertz CT molecular complexity index is 1080. The van der Waals surface area contributed by atoms with Crippen molar-refractivity contribution in [1.82, 2.24) is 19.9 Å². The van der Waals surface area contributed by atoms with Gasteiger partial charge in [-0.2, -0.15) is 0 Å². The van der Waals surface area contributed by atoms with Crippen LogP contribution < -0.4 is 5.32 Å². The number of imidazole rings is 1. The van der Waals surface area contributed by atoms with Gasteiger partial charge >= 0.3 is 5.97 Å². The van der Waals surface area contributed by atoms with E-state index >= 15 is 0 Å². The zero-order valence-electron chi connectivity index (χ0n) is 18.0. The highest BCUT2D eigenvalue weighted by molar-refractivity contribution is 7.99. The second-order valence-corrected chi connectivity index (χ2v) is 8.40. The third-order valence-corrected chi connectivity index (χ3v) is 6.13. The number of thioether (sulfide) groups is 1. The minimum absolute atomic E-state index is 0.0610. The van der Waals surface area contributed by atoms with Crippen molar-refractivity contribution in [2.24, 2.45) is 0 Å². The second-order valence-electron chi connectivity index (χ2n) is 7.45. The summed E-state index contributed by atoms with van der Waals surface area (Å²) in [6.07, 6.45) is 3.88. The molecule has 8 nitrogen and oxygen atoms in total. The van der Waals surface area contributed by atoms with Crippen molar-refractivity contribution in [2.45, 2.75) is 37.6 Å². The highest BCUT2D eigenvalue weighted by Crippen LogP contribution is 2.26. The van der Waals surface area contributed by atoms with Gasteiger partial charge in [0.15, 0.2) is 5.16 Å². The number of hydrogen-bond donors (Lipinski definition) is 1. The highest BCUT2D eigenvalue weighted by atomic mass is 32.2. The smallest absolute Gasteiger partial charge is 0.338 e. The van der Waals surface area contributed by atoms with Gasteiger partial charge in [-0.1, -0.05) is 17.8 Å². The van der Waals surface area contributed by atoms with Crippen molar-refractivity contribution < 1.29 is 19.1 Å². The van der Waals surface area contributed by atoms with Gasteiger partial charge in [-0.15, -0.1) is 0 Å². The molecule has 0 radical (unpaired) electrons. The first-order chi connectivity index (χ1) is 15.6. The van der Waals surface area contributed by atoms with Gasteiger partial charge in [0.1, 0.15) is 0 Å². The lowest BCUT2D eigenvalue weighted by molar-refractivity contribution is -0.119. The minimum Gasteiger partial charge on any atom is -0.462 e. The average Bonchev–Trinajstić information content (AvgIpc) is 3.45. The Morgan fingerprint density at radius 1 is 1.31 bits per heavy atom. The molecule has 168 valence electrons. The van der Waals surface area contributed by atoms with Crippen LogP contribution in [0.4, 0.5) is 0 Å². The third kappa shape index (κ3) is 5.46. The summed E-state index contributed by atoms with van der Waals surface area (Å²) in [6.45, 7) is 3.90. The molecule has 0 spiro atoms. The quantitative estimate of drug-likeness (QED) is 0.392. The fourth-order valence-corrected chi connectivity index (χ4v) is 4.42. The molecule has 1 fully saturated rings. The molecule has 1 atom stereocenters. The van der Waals surface area contributed by atoms with Gasteiger partial charge in [0.05, 0.1) is 47.3 Å². The van der Waals surface area contributed by atoms with Crippen LogP contribution in [0.5, 0.6) is 0 Å². The Kier molecular flexibility index (Phi) is 7.39. The largest absolute Gasteiger partial charge is 0.462 e. The summed E-state index contributed by atoms with van der Waals surface area (Å²) in [5.41, 5.74) is 2.87. The van der Waals surface area contributed by atoms with E-state index in [2.05, 4.69) is 10.3 Å². The molecular weight excluding hydrogens is 428 g/mol. The topological polar surface area (TPSA) is 95.3 Å². The van der Waals surface area contributed by atoms with E-state index in [1.165, 1.54) is 11.8 Å². The normalized spacial score (nSPS) is 15.7. The fourth-order valence-electron chi connectivity index (χ4n) is 3.58. The molecule has 1 amide bonds. The first-order valence-corrected chi connectivity index (χ1v) is 11.7. The zero-order chi connectivity index (χ0) is 22.3. The minimum atomic E-state index is -0.378. The van der Waals surface area contributed by atoms with E-state index in [0.717, 1.165) is 30.7 Å². The van der Waals surface area contributed by atoms with E-state index in [9.17, 15) is 9.59 Å². The van der Waals surface area contributed by atoms with Crippen LogP contribution in [-0.4, -0.2) is 58.0 Å². The number of benzene rings is 1. The molecule has 3 heterocycles. The maximum atomic E-state index is 12.4. The van der Waals surface area contributed by atoms with Crippen molar-refractivity contribution in [3.8, 4) is 0 Å². The van der Waals surface area contributed by atoms with E-state index in [1.54, 1.807) is 25.3 Å². The summed E-state index contributed by atoms with van der Waals surface area (Å²) in [7, 11) is 0. The summed E-state index contributed by atoms with van der Waals surface area (Å²) in [5, 5.41) is 3.63. The molecular formula is C23H26N4O4S. The van der Waals surface area contributed by atoms with Gasteiger partial charge in [0.2, 0.25) is 5.91 Å². The maximum Gasteiger partial charge on any atom is 0.338 e. The molecule has 1 unspecified atom stereocenters. The molecule has 3 aromatic rings. The molecule has 1 aliphatic rings. The predicted molar refractivity (Wildman–Crippen MR) is 122 cm³/mol. The lowest BCUT2D eigenvalue weighted by Crippen LogP contribution is -2.32. The first-order valence-electron chi connectivity index (χ1n) is 10.7. The standard InChI is InChI=1S/C23H26N4O4S/c1-2-30-22(29)16-8-9-20-19(12-16)26-23(27(20)14-17-6-3-4-10-24-17)32-15-21(28)25-13-18-7-5-11-31-18/h3-4,6,8-10,12,18H,2,5,7,11,13-15H2,1H3,(H,25,28). The fraction of sp³-hybridized carbons (Fsp3) is 0.391. The van der Waals surface area contributed by atoms with Crippen molar-refractivity contribution in [2.75, 3.05) is 25.5 Å². The second kappa shape index (κ2) is 10.6. The summed E-state index contributed by atoms with van der Waals surface area (Å²) in [6, 6.07) is 11.1. The van der Waals surface area contributed by atoms with Gasteiger partial charge in [-0.05, 0) is 50.1 Å². The SMILES string of the molecule is CCOC(=O)c1ccc2c(c1)nc(SCC(=O)NCC1CCCO1)n2Cc1ccccn1. The Labute approximate surface area is 190 Å². The molecule has 2 aromatic heterocycles. The van der Waals surface area contributed by atoms with Crippen LogP contribution in [0, 0.1) is 0 Å². The Hall–Kier alpha value is -2.91. The number of hydrogen-bond acceptors (Lipinski definition) is 7. The number of amides is 1. The summed E-state index contributed by atoms with van der Waals surface area (Å²) in [5.74, 6) is -0.200. The first kappa shape index (κ1) is 22.3. The molecule has 0 aliphatic carbocycles. The molecule has 32 heavy (non-hydrogen) atoms. The van der Waals surface area contributed by atoms with Gasteiger partial charge in [0, 0.05) is 19.3 Å². The number of fused-ring (bicyclic) bond motifs is 1. The molecule has 1 saturated heterocycles. The number of nitrogens with one attached hydrogen (secondary N) is 1. The Morgan fingerprint density at radius 3 is 2.97 bits per heavy atom. The number of pyridine rings is 1. The zero-order valence-corrected chi connectivity index (χ0v) is 18.8. The summed E-state index contributed by atoms with van der Waals surface area (Å²) >= 11 is 1.36. The number of carbonyl (C=O) groups excluding carboxylic acids is 2. The lowest BCUT2D eigenvalue weighted by atomic mass is 10.2. The van der Waals surface area contributed by atoms with E-state index in [-0.39, 0.29) is 23.7 Å². The average molecular weight is 455 g/mol. The van der Waals surface area contributed by atoms with Gasteiger partial charge in [0.25, 0.3) is 0 Å². The summed E-state index contributed by atoms with van der Waals surface area (Å²) in [4.78, 5) is 33.6. The predicted octanol–water partition coefficient (Wildman–Crippen LogP) is 3.04. The van der Waals surface area contributed by atoms with Gasteiger partial charge < -0.3 is 19.4 Å². The van der Waals surface area contributed by atoms with Crippen LogP contribution >= 0.6 is 11.8 Å². The third-order valence-electron chi connectivity index (χ3n) is 5.15. The van der Waals surface area contributed by atoms with E-state index < -0.39 is 0 Å². The van der Waals surface area contributed by atoms with E-state index in [4.69, 9.17) is 14.5 Å².